The van der Waals surface area contributed by atoms with Crippen LogP contribution in [0.15, 0.2) is 54.6 Å². The van der Waals surface area contributed by atoms with Gasteiger partial charge in [-0.3, -0.25) is 0 Å². The SMILES string of the molecule is COc1ccc(C2C(C#N)(C#N)C(OCc3ccccc3)C23CC3)cc1. The summed E-state index contributed by atoms with van der Waals surface area (Å²) < 4.78 is 11.4. The highest BCUT2D eigenvalue weighted by Crippen LogP contribution is 2.76. The Kier molecular flexibility index (Phi) is 3.94. The van der Waals surface area contributed by atoms with Crippen LogP contribution in [0, 0.1) is 33.5 Å². The minimum Gasteiger partial charge on any atom is -0.497 e. The van der Waals surface area contributed by atoms with Crippen molar-refractivity contribution in [1.29, 1.82) is 10.5 Å². The lowest BCUT2D eigenvalue weighted by atomic mass is 9.48. The third kappa shape index (κ3) is 2.30. The van der Waals surface area contributed by atoms with Crippen LogP contribution in [-0.2, 0) is 11.3 Å². The van der Waals surface area contributed by atoms with Gasteiger partial charge in [-0.2, -0.15) is 10.5 Å². The van der Waals surface area contributed by atoms with Gasteiger partial charge in [-0.25, -0.2) is 0 Å². The molecule has 2 atom stereocenters. The first-order valence-corrected chi connectivity index (χ1v) is 8.82. The van der Waals surface area contributed by atoms with E-state index in [-0.39, 0.29) is 17.4 Å². The van der Waals surface area contributed by atoms with Crippen LogP contribution in [0.3, 0.4) is 0 Å². The Bertz CT molecular complexity index is 859. The quantitative estimate of drug-likeness (QED) is 0.815. The van der Waals surface area contributed by atoms with Gasteiger partial charge in [0.15, 0.2) is 5.41 Å². The zero-order chi connectivity index (χ0) is 18.2. The van der Waals surface area contributed by atoms with Crippen molar-refractivity contribution in [2.24, 2.45) is 10.8 Å². The van der Waals surface area contributed by atoms with E-state index in [4.69, 9.17) is 9.47 Å². The molecule has 4 rings (SSSR count). The molecule has 26 heavy (non-hydrogen) atoms. The lowest BCUT2D eigenvalue weighted by molar-refractivity contribution is -0.147. The van der Waals surface area contributed by atoms with Crippen LogP contribution >= 0.6 is 0 Å². The molecule has 2 aliphatic rings. The van der Waals surface area contributed by atoms with Crippen molar-refractivity contribution in [3.05, 3.63) is 65.7 Å². The summed E-state index contributed by atoms with van der Waals surface area (Å²) in [5, 5.41) is 19.8. The van der Waals surface area contributed by atoms with Crippen molar-refractivity contribution in [1.82, 2.24) is 0 Å². The normalized spacial score (nSPS) is 24.1. The minimum atomic E-state index is -1.14. The molecule has 4 nitrogen and oxygen atoms in total. The molecule has 0 aliphatic heterocycles. The van der Waals surface area contributed by atoms with E-state index < -0.39 is 5.41 Å². The van der Waals surface area contributed by atoms with E-state index in [9.17, 15) is 10.5 Å². The second-order valence-electron chi connectivity index (χ2n) is 7.21. The molecule has 0 N–H and O–H groups in total. The Balaban J connectivity index is 1.62. The Labute approximate surface area is 153 Å². The van der Waals surface area contributed by atoms with Crippen molar-refractivity contribution in [2.75, 3.05) is 7.11 Å². The second kappa shape index (κ2) is 6.16. The molecule has 0 aromatic heterocycles. The molecule has 130 valence electrons. The van der Waals surface area contributed by atoms with Gasteiger partial charge in [-0.15, -0.1) is 0 Å². The molecule has 0 amide bonds. The number of rotatable bonds is 5. The molecule has 2 aromatic carbocycles. The first kappa shape index (κ1) is 16.6. The highest BCUT2D eigenvalue weighted by atomic mass is 16.5. The van der Waals surface area contributed by atoms with Gasteiger partial charge in [0.05, 0.1) is 32.0 Å². The number of hydrogen-bond acceptors (Lipinski definition) is 4. The molecule has 0 bridgehead atoms. The van der Waals surface area contributed by atoms with Crippen molar-refractivity contribution >= 4 is 0 Å². The van der Waals surface area contributed by atoms with Gasteiger partial charge in [-0.1, -0.05) is 42.5 Å². The number of methoxy groups -OCH3 is 1. The third-order valence-corrected chi connectivity index (χ3v) is 5.87. The molecule has 2 aromatic rings. The maximum Gasteiger partial charge on any atom is 0.177 e. The molecule has 2 aliphatic carbocycles. The lowest BCUT2D eigenvalue weighted by Crippen LogP contribution is -2.60. The summed E-state index contributed by atoms with van der Waals surface area (Å²) in [6.07, 6.45) is 1.64. The average Bonchev–Trinajstić information content (AvgIpc) is 3.50. The van der Waals surface area contributed by atoms with Gasteiger partial charge < -0.3 is 9.47 Å². The van der Waals surface area contributed by atoms with Crippen LogP contribution < -0.4 is 4.74 Å². The van der Waals surface area contributed by atoms with Crippen molar-refractivity contribution in [3.63, 3.8) is 0 Å². The van der Waals surface area contributed by atoms with Crippen LogP contribution in [0.5, 0.6) is 5.75 Å². The summed E-state index contributed by atoms with van der Waals surface area (Å²) >= 11 is 0. The highest BCUT2D eigenvalue weighted by Gasteiger charge is 2.78. The van der Waals surface area contributed by atoms with E-state index in [0.29, 0.717) is 6.61 Å². The molecular weight excluding hydrogens is 324 g/mol. The van der Waals surface area contributed by atoms with Gasteiger partial charge in [0, 0.05) is 11.3 Å². The van der Waals surface area contributed by atoms with Crippen molar-refractivity contribution < 1.29 is 9.47 Å². The topological polar surface area (TPSA) is 66.0 Å². The first-order chi connectivity index (χ1) is 12.7. The van der Waals surface area contributed by atoms with Crippen molar-refractivity contribution in [2.45, 2.75) is 31.5 Å². The summed E-state index contributed by atoms with van der Waals surface area (Å²) in [7, 11) is 1.63. The number of hydrogen-bond donors (Lipinski definition) is 0. The Morgan fingerprint density at radius 1 is 1.00 bits per heavy atom. The fourth-order valence-electron chi connectivity index (χ4n) is 4.52. The van der Waals surface area contributed by atoms with Crippen LogP contribution in [-0.4, -0.2) is 13.2 Å². The Morgan fingerprint density at radius 3 is 2.19 bits per heavy atom. The molecule has 2 unspecified atom stereocenters. The first-order valence-electron chi connectivity index (χ1n) is 8.82. The number of ether oxygens (including phenoxy) is 2. The van der Waals surface area contributed by atoms with E-state index in [0.717, 1.165) is 29.7 Å². The van der Waals surface area contributed by atoms with Gasteiger partial charge in [0.2, 0.25) is 0 Å². The monoisotopic (exact) mass is 344 g/mol. The molecule has 2 saturated carbocycles. The van der Waals surface area contributed by atoms with E-state index in [1.165, 1.54) is 0 Å². The highest BCUT2D eigenvalue weighted by molar-refractivity contribution is 5.47. The largest absolute Gasteiger partial charge is 0.497 e. The maximum atomic E-state index is 9.92. The molecule has 0 radical (unpaired) electrons. The van der Waals surface area contributed by atoms with Crippen LogP contribution in [0.4, 0.5) is 0 Å². The second-order valence-corrected chi connectivity index (χ2v) is 7.21. The van der Waals surface area contributed by atoms with Crippen molar-refractivity contribution in [3.8, 4) is 17.9 Å². The zero-order valence-electron chi connectivity index (χ0n) is 14.7. The molecular formula is C22H20N2O2. The number of nitrogens with zero attached hydrogens (tertiary/aromatic N) is 2. The molecule has 4 heteroatoms. The third-order valence-electron chi connectivity index (χ3n) is 5.87. The average molecular weight is 344 g/mol. The summed E-state index contributed by atoms with van der Waals surface area (Å²) in [6.45, 7) is 0.424. The minimum absolute atomic E-state index is 0.0885. The molecule has 1 spiro atoms. The predicted molar refractivity (Wildman–Crippen MR) is 96.1 cm³/mol. The van der Waals surface area contributed by atoms with Gasteiger partial charge >= 0.3 is 0 Å². The Hall–Kier alpha value is -2.82. The van der Waals surface area contributed by atoms with E-state index in [1.54, 1.807) is 7.11 Å². The number of benzene rings is 2. The van der Waals surface area contributed by atoms with Gasteiger partial charge in [-0.05, 0) is 36.1 Å². The maximum absolute atomic E-state index is 9.92. The van der Waals surface area contributed by atoms with Gasteiger partial charge in [0.25, 0.3) is 0 Å². The molecule has 0 heterocycles. The van der Waals surface area contributed by atoms with Crippen LogP contribution in [0.1, 0.15) is 29.9 Å². The molecule has 2 fully saturated rings. The fourth-order valence-corrected chi connectivity index (χ4v) is 4.52. The van der Waals surface area contributed by atoms with Crippen LogP contribution in [0.2, 0.25) is 0 Å². The summed E-state index contributed by atoms with van der Waals surface area (Å²) in [4.78, 5) is 0. The summed E-state index contributed by atoms with van der Waals surface area (Å²) in [5.74, 6) is 0.658. The van der Waals surface area contributed by atoms with E-state index in [1.807, 2.05) is 54.6 Å². The summed E-state index contributed by atoms with van der Waals surface area (Å²) in [6, 6.07) is 22.2. The number of nitriles is 2. The fraction of sp³-hybridized carbons (Fsp3) is 0.364. The van der Waals surface area contributed by atoms with E-state index >= 15 is 0 Å². The lowest BCUT2D eigenvalue weighted by Gasteiger charge is -2.55. The zero-order valence-corrected chi connectivity index (χ0v) is 14.7. The Morgan fingerprint density at radius 2 is 1.65 bits per heavy atom. The smallest absolute Gasteiger partial charge is 0.177 e. The van der Waals surface area contributed by atoms with Crippen LogP contribution in [0.25, 0.3) is 0 Å². The molecule has 0 saturated heterocycles. The summed E-state index contributed by atoms with van der Waals surface area (Å²) in [5.41, 5.74) is 0.848. The standard InChI is InChI=1S/C22H20N2O2/c1-25-18-9-7-17(8-10-18)19-21(11-12-21)20(22(19,14-23)15-24)26-13-16-5-3-2-4-6-16/h2-10,19-20H,11-13H2,1H3. The van der Waals surface area contributed by atoms with E-state index in [2.05, 4.69) is 12.1 Å². The van der Waals surface area contributed by atoms with Gasteiger partial charge in [0.1, 0.15) is 5.75 Å². The predicted octanol–water partition coefficient (Wildman–Crippen LogP) is 4.19.